The van der Waals surface area contributed by atoms with Gasteiger partial charge in [-0.25, -0.2) is 0 Å². The Morgan fingerprint density at radius 3 is 2.65 bits per heavy atom. The average Bonchev–Trinajstić information content (AvgIpc) is 3.40. The van der Waals surface area contributed by atoms with Crippen LogP contribution in [0.3, 0.4) is 0 Å². The summed E-state index contributed by atoms with van der Waals surface area (Å²) in [6, 6.07) is 16.0. The first kappa shape index (κ1) is 14.1. The van der Waals surface area contributed by atoms with Gasteiger partial charge in [-0.15, -0.1) is 0 Å². The maximum atomic E-state index is 13.0. The highest BCUT2D eigenvalue weighted by molar-refractivity contribution is 6.02. The molecule has 1 fully saturated rings. The Balaban J connectivity index is 1.79. The summed E-state index contributed by atoms with van der Waals surface area (Å²) < 4.78 is 5.78. The van der Waals surface area contributed by atoms with Crippen molar-refractivity contribution in [2.45, 2.75) is 32.0 Å². The van der Waals surface area contributed by atoms with Gasteiger partial charge in [-0.05, 0) is 38.0 Å². The molecule has 0 spiro atoms. The number of amides is 1. The van der Waals surface area contributed by atoms with Gasteiger partial charge in [0.05, 0.1) is 12.2 Å². The van der Waals surface area contributed by atoms with E-state index >= 15 is 0 Å². The number of para-hydroxylation sites is 2. The van der Waals surface area contributed by atoms with Gasteiger partial charge in [0.25, 0.3) is 5.91 Å². The summed E-state index contributed by atoms with van der Waals surface area (Å²) in [6.45, 7) is 2.59. The molecule has 2 aliphatic rings. The van der Waals surface area contributed by atoms with E-state index < -0.39 is 0 Å². The van der Waals surface area contributed by atoms with Crippen molar-refractivity contribution in [3.8, 4) is 5.75 Å². The second kappa shape index (κ2) is 5.61. The third-order valence-corrected chi connectivity index (χ3v) is 4.42. The van der Waals surface area contributed by atoms with Gasteiger partial charge in [0.2, 0.25) is 0 Å². The van der Waals surface area contributed by atoms with E-state index in [2.05, 4.69) is 5.32 Å². The Kier molecular flexibility index (Phi) is 3.45. The Morgan fingerprint density at radius 1 is 1.13 bits per heavy atom. The van der Waals surface area contributed by atoms with Crippen molar-refractivity contribution in [2.75, 3.05) is 11.9 Å². The first-order valence-corrected chi connectivity index (χ1v) is 8.19. The lowest BCUT2D eigenvalue weighted by atomic mass is 10.0. The van der Waals surface area contributed by atoms with Crippen molar-refractivity contribution in [1.82, 2.24) is 4.90 Å². The maximum Gasteiger partial charge on any atom is 0.258 e. The van der Waals surface area contributed by atoms with E-state index in [0.29, 0.717) is 12.6 Å². The average molecular weight is 308 g/mol. The molecule has 0 aromatic heterocycles. The molecule has 1 N–H and O–H groups in total. The number of nitrogens with one attached hydrogen (secondary N) is 1. The fraction of sp³-hybridized carbons (Fsp3) is 0.316. The molecule has 4 rings (SSSR count). The number of carbonyl (C=O) groups is 1. The van der Waals surface area contributed by atoms with Crippen molar-refractivity contribution in [1.29, 1.82) is 0 Å². The Bertz CT molecular complexity index is 740. The largest absolute Gasteiger partial charge is 0.493 e. The zero-order valence-corrected chi connectivity index (χ0v) is 13.2. The van der Waals surface area contributed by atoms with Crippen LogP contribution in [0.2, 0.25) is 0 Å². The van der Waals surface area contributed by atoms with Crippen LogP contribution in [0.25, 0.3) is 0 Å². The van der Waals surface area contributed by atoms with Crippen molar-refractivity contribution < 1.29 is 9.53 Å². The number of anilines is 1. The fourth-order valence-electron chi connectivity index (χ4n) is 3.22. The highest BCUT2D eigenvalue weighted by Crippen LogP contribution is 2.42. The second-order valence-electron chi connectivity index (χ2n) is 6.01. The summed E-state index contributed by atoms with van der Waals surface area (Å²) in [4.78, 5) is 15.0. The monoisotopic (exact) mass is 308 g/mol. The molecule has 1 aliphatic carbocycles. The molecule has 23 heavy (non-hydrogen) atoms. The van der Waals surface area contributed by atoms with E-state index in [0.717, 1.165) is 35.4 Å². The van der Waals surface area contributed by atoms with Crippen LogP contribution in [0.15, 0.2) is 48.5 Å². The molecule has 1 aliphatic heterocycles. The molecule has 0 radical (unpaired) electrons. The van der Waals surface area contributed by atoms with E-state index in [1.54, 1.807) is 0 Å². The van der Waals surface area contributed by atoms with Crippen LogP contribution in [-0.2, 0) is 0 Å². The summed E-state index contributed by atoms with van der Waals surface area (Å²) in [7, 11) is 0. The van der Waals surface area contributed by atoms with Gasteiger partial charge in [-0.3, -0.25) is 4.79 Å². The number of nitrogens with zero attached hydrogens (tertiary/aromatic N) is 1. The summed E-state index contributed by atoms with van der Waals surface area (Å²) in [5.74, 6) is 0.948. The quantitative estimate of drug-likeness (QED) is 0.933. The number of rotatable bonds is 4. The van der Waals surface area contributed by atoms with Crippen molar-refractivity contribution in [3.05, 3.63) is 59.7 Å². The molecule has 2 aromatic carbocycles. The van der Waals surface area contributed by atoms with Crippen LogP contribution in [-0.4, -0.2) is 23.5 Å². The van der Waals surface area contributed by atoms with Gasteiger partial charge in [0, 0.05) is 17.3 Å². The molecule has 4 nitrogen and oxygen atoms in total. The minimum atomic E-state index is -0.173. The zero-order chi connectivity index (χ0) is 15.8. The third kappa shape index (κ3) is 2.44. The summed E-state index contributed by atoms with van der Waals surface area (Å²) in [5.41, 5.74) is 2.67. The number of carbonyl (C=O) groups excluding carboxylic acids is 1. The van der Waals surface area contributed by atoms with Crippen LogP contribution >= 0.6 is 0 Å². The fourth-order valence-corrected chi connectivity index (χ4v) is 3.22. The van der Waals surface area contributed by atoms with Crippen molar-refractivity contribution >= 4 is 11.6 Å². The van der Waals surface area contributed by atoms with Gasteiger partial charge in [-0.1, -0.05) is 30.3 Å². The molecule has 1 atom stereocenters. The van der Waals surface area contributed by atoms with Crippen LogP contribution in [0.1, 0.15) is 41.9 Å². The second-order valence-corrected chi connectivity index (χ2v) is 6.01. The van der Waals surface area contributed by atoms with Gasteiger partial charge < -0.3 is 15.0 Å². The van der Waals surface area contributed by atoms with Crippen LogP contribution in [0.4, 0.5) is 5.69 Å². The lowest BCUT2D eigenvalue weighted by Gasteiger charge is -2.38. The number of hydrogen-bond donors (Lipinski definition) is 1. The standard InChI is InChI=1S/C19H20N2O2/c1-2-23-17-10-6-4-8-15(17)18-20-16-9-5-3-7-14(16)19(22)21(18)13-11-12-13/h3-10,13,18,20H,2,11-12H2,1H3/t18-/m1/s1. The number of benzene rings is 2. The number of fused-ring (bicyclic) bond motifs is 1. The van der Waals surface area contributed by atoms with E-state index in [4.69, 9.17) is 4.74 Å². The molecule has 1 saturated carbocycles. The molecule has 2 aromatic rings. The van der Waals surface area contributed by atoms with Gasteiger partial charge in [0.15, 0.2) is 0 Å². The zero-order valence-electron chi connectivity index (χ0n) is 13.2. The van der Waals surface area contributed by atoms with Crippen LogP contribution in [0.5, 0.6) is 5.75 Å². The molecular weight excluding hydrogens is 288 g/mol. The van der Waals surface area contributed by atoms with Crippen LogP contribution in [0, 0.1) is 0 Å². The predicted octanol–water partition coefficient (Wildman–Crippen LogP) is 3.81. The SMILES string of the molecule is CCOc1ccccc1[C@@H]1Nc2ccccc2C(=O)N1C1CC1. The highest BCUT2D eigenvalue weighted by atomic mass is 16.5. The van der Waals surface area contributed by atoms with E-state index in [-0.39, 0.29) is 12.1 Å². The molecular formula is C19H20N2O2. The molecule has 4 heteroatoms. The molecule has 0 bridgehead atoms. The van der Waals surface area contributed by atoms with Crippen molar-refractivity contribution in [2.24, 2.45) is 0 Å². The minimum Gasteiger partial charge on any atom is -0.493 e. The molecule has 118 valence electrons. The first-order chi connectivity index (χ1) is 11.3. The molecule has 1 heterocycles. The number of ether oxygens (including phenoxy) is 1. The lowest BCUT2D eigenvalue weighted by molar-refractivity contribution is 0.0664. The van der Waals surface area contributed by atoms with E-state index in [9.17, 15) is 4.79 Å². The van der Waals surface area contributed by atoms with Crippen LogP contribution < -0.4 is 10.1 Å². The predicted molar refractivity (Wildman–Crippen MR) is 89.6 cm³/mol. The Morgan fingerprint density at radius 2 is 1.87 bits per heavy atom. The third-order valence-electron chi connectivity index (χ3n) is 4.42. The summed E-state index contributed by atoms with van der Waals surface area (Å²) >= 11 is 0. The molecule has 0 unspecified atom stereocenters. The summed E-state index contributed by atoms with van der Waals surface area (Å²) in [5, 5.41) is 3.54. The Hall–Kier alpha value is -2.49. The maximum absolute atomic E-state index is 13.0. The summed E-state index contributed by atoms with van der Waals surface area (Å²) in [6.07, 6.45) is 1.97. The van der Waals surface area contributed by atoms with Crippen molar-refractivity contribution in [3.63, 3.8) is 0 Å². The van der Waals surface area contributed by atoms with Gasteiger partial charge in [-0.2, -0.15) is 0 Å². The topological polar surface area (TPSA) is 41.6 Å². The smallest absolute Gasteiger partial charge is 0.258 e. The highest BCUT2D eigenvalue weighted by Gasteiger charge is 2.42. The molecule has 0 saturated heterocycles. The first-order valence-electron chi connectivity index (χ1n) is 8.19. The lowest BCUT2D eigenvalue weighted by Crippen LogP contribution is -2.44. The van der Waals surface area contributed by atoms with Gasteiger partial charge in [0.1, 0.15) is 11.9 Å². The normalized spacial score (nSPS) is 20.0. The van der Waals surface area contributed by atoms with E-state index in [1.807, 2.05) is 60.4 Å². The Labute approximate surface area is 136 Å². The van der Waals surface area contributed by atoms with E-state index in [1.165, 1.54) is 0 Å². The number of hydrogen-bond acceptors (Lipinski definition) is 3. The molecule has 1 amide bonds. The van der Waals surface area contributed by atoms with Gasteiger partial charge >= 0.3 is 0 Å². The minimum absolute atomic E-state index is 0.109.